The zero-order chi connectivity index (χ0) is 13.9. The maximum atomic E-state index is 9.18. The molecule has 3 unspecified atom stereocenters. The number of rotatable bonds is 9. The van der Waals surface area contributed by atoms with Gasteiger partial charge in [-0.2, -0.15) is 0 Å². The van der Waals surface area contributed by atoms with Crippen molar-refractivity contribution < 1.29 is 9.84 Å². The quantitative estimate of drug-likeness (QED) is 0.298. The first-order valence-corrected chi connectivity index (χ1v) is 7.39. The lowest BCUT2D eigenvalue weighted by atomic mass is 10.1. The van der Waals surface area contributed by atoms with E-state index in [0.717, 1.165) is 6.42 Å². The largest absolute Gasteiger partial charge is 0.385 e. The van der Waals surface area contributed by atoms with Gasteiger partial charge < -0.3 is 9.84 Å². The van der Waals surface area contributed by atoms with Crippen LogP contribution in [0.3, 0.4) is 0 Å². The third-order valence-corrected chi connectivity index (χ3v) is 3.30. The Morgan fingerprint density at radius 3 is 2.79 bits per heavy atom. The number of aliphatic hydroxyl groups excluding tert-OH is 1. The van der Waals surface area contributed by atoms with Gasteiger partial charge in [0.2, 0.25) is 0 Å². The van der Waals surface area contributed by atoms with E-state index in [-0.39, 0.29) is 0 Å². The minimum atomic E-state index is -0.595. The van der Waals surface area contributed by atoms with Gasteiger partial charge in [0.1, 0.15) is 0 Å². The normalized spacial score (nSPS) is 22.8. The molecule has 0 amide bonds. The number of allylic oxidation sites excluding steroid dienone is 1. The Morgan fingerprint density at radius 2 is 2.05 bits per heavy atom. The number of epoxide rings is 1. The monoisotopic (exact) mass is 262 g/mol. The molecule has 1 fully saturated rings. The summed E-state index contributed by atoms with van der Waals surface area (Å²) in [6, 6.07) is 0. The number of hydrogen-bond acceptors (Lipinski definition) is 2. The highest BCUT2D eigenvalue weighted by atomic mass is 16.6. The molecule has 0 saturated carbocycles. The van der Waals surface area contributed by atoms with Gasteiger partial charge in [-0.25, -0.2) is 0 Å². The van der Waals surface area contributed by atoms with Gasteiger partial charge in [-0.15, -0.1) is 6.58 Å². The molecular formula is C17H26O2. The van der Waals surface area contributed by atoms with E-state index >= 15 is 0 Å². The predicted molar refractivity (Wildman–Crippen MR) is 79.8 cm³/mol. The van der Waals surface area contributed by atoms with Crippen LogP contribution in [-0.4, -0.2) is 23.4 Å². The van der Waals surface area contributed by atoms with E-state index in [2.05, 4.69) is 25.3 Å². The van der Waals surface area contributed by atoms with E-state index in [1.165, 1.54) is 44.6 Å². The van der Waals surface area contributed by atoms with Gasteiger partial charge in [-0.3, -0.25) is 0 Å². The van der Waals surface area contributed by atoms with Crippen LogP contribution in [0, 0.1) is 11.8 Å². The maximum absolute atomic E-state index is 9.18. The fraction of sp³-hybridized carbons (Fsp3) is 0.647. The van der Waals surface area contributed by atoms with Crippen molar-refractivity contribution in [3.63, 3.8) is 0 Å². The summed E-state index contributed by atoms with van der Waals surface area (Å²) in [5, 5.41) is 9.18. The van der Waals surface area contributed by atoms with Crippen molar-refractivity contribution in [3.8, 4) is 11.8 Å². The minimum Gasteiger partial charge on any atom is -0.385 e. The second-order valence-corrected chi connectivity index (χ2v) is 5.03. The Hall–Kier alpha value is -1.04. The molecule has 2 heteroatoms. The molecule has 1 aliphatic heterocycles. The van der Waals surface area contributed by atoms with Crippen molar-refractivity contribution >= 4 is 0 Å². The Labute approximate surface area is 117 Å². The summed E-state index contributed by atoms with van der Waals surface area (Å²) in [6.07, 6.45) is 13.5. The number of unbranched alkanes of at least 4 members (excludes halogenated alkanes) is 4. The van der Waals surface area contributed by atoms with E-state index in [9.17, 15) is 5.11 Å². The summed E-state index contributed by atoms with van der Waals surface area (Å²) in [4.78, 5) is 0. The number of hydrogen-bond donors (Lipinski definition) is 1. The van der Waals surface area contributed by atoms with Crippen LogP contribution in [-0.2, 0) is 4.74 Å². The average Bonchev–Trinajstić information content (AvgIpc) is 3.16. The SMILES string of the molecule is C=CC(O)/C=C/C#CCC1OC1CCCCCCC. The molecule has 0 aliphatic carbocycles. The molecule has 1 aliphatic rings. The second kappa shape index (κ2) is 9.83. The number of aliphatic hydroxyl groups is 1. The van der Waals surface area contributed by atoms with Crippen LogP contribution >= 0.6 is 0 Å². The van der Waals surface area contributed by atoms with Gasteiger partial charge >= 0.3 is 0 Å². The highest BCUT2D eigenvalue weighted by molar-refractivity contribution is 5.19. The van der Waals surface area contributed by atoms with Crippen LogP contribution < -0.4 is 0 Å². The summed E-state index contributed by atoms with van der Waals surface area (Å²) in [7, 11) is 0. The summed E-state index contributed by atoms with van der Waals surface area (Å²) in [5.74, 6) is 5.97. The van der Waals surface area contributed by atoms with E-state index < -0.39 is 6.10 Å². The van der Waals surface area contributed by atoms with E-state index in [4.69, 9.17) is 4.74 Å². The zero-order valence-corrected chi connectivity index (χ0v) is 12.0. The molecule has 3 atom stereocenters. The van der Waals surface area contributed by atoms with Gasteiger partial charge in [-0.1, -0.05) is 56.9 Å². The fourth-order valence-electron chi connectivity index (χ4n) is 2.01. The first kappa shape index (κ1) is 16.0. The molecule has 0 aromatic carbocycles. The molecular weight excluding hydrogens is 236 g/mol. The van der Waals surface area contributed by atoms with Gasteiger partial charge in [0, 0.05) is 6.42 Å². The van der Waals surface area contributed by atoms with Crippen molar-refractivity contribution in [2.45, 2.75) is 70.2 Å². The molecule has 1 rings (SSSR count). The van der Waals surface area contributed by atoms with Gasteiger partial charge in [0.15, 0.2) is 0 Å². The Balaban J connectivity index is 2.00. The van der Waals surface area contributed by atoms with Crippen LogP contribution in [0.4, 0.5) is 0 Å². The first-order chi connectivity index (χ1) is 9.27. The van der Waals surface area contributed by atoms with Crippen molar-refractivity contribution in [2.24, 2.45) is 0 Å². The topological polar surface area (TPSA) is 32.8 Å². The molecule has 2 nitrogen and oxygen atoms in total. The Bertz CT molecular complexity index is 335. The van der Waals surface area contributed by atoms with E-state index in [0.29, 0.717) is 12.2 Å². The van der Waals surface area contributed by atoms with Crippen molar-refractivity contribution in [2.75, 3.05) is 0 Å². The lowest BCUT2D eigenvalue weighted by Gasteiger charge is -1.96. The molecule has 1 heterocycles. The van der Waals surface area contributed by atoms with Crippen molar-refractivity contribution in [1.82, 2.24) is 0 Å². The average molecular weight is 262 g/mol. The van der Waals surface area contributed by atoms with Crippen LogP contribution in [0.2, 0.25) is 0 Å². The second-order valence-electron chi connectivity index (χ2n) is 5.03. The molecule has 0 radical (unpaired) electrons. The summed E-state index contributed by atoms with van der Waals surface area (Å²) < 4.78 is 5.58. The zero-order valence-electron chi connectivity index (χ0n) is 12.0. The molecule has 106 valence electrons. The van der Waals surface area contributed by atoms with Crippen LogP contribution in [0.5, 0.6) is 0 Å². The van der Waals surface area contributed by atoms with Crippen molar-refractivity contribution in [1.29, 1.82) is 0 Å². The molecule has 1 N–H and O–H groups in total. The lowest BCUT2D eigenvalue weighted by molar-refractivity contribution is 0.272. The maximum Gasteiger partial charge on any atom is 0.0950 e. The highest BCUT2D eigenvalue weighted by Crippen LogP contribution is 2.29. The molecule has 0 aromatic heterocycles. The van der Waals surface area contributed by atoms with E-state index in [1.54, 1.807) is 12.2 Å². The van der Waals surface area contributed by atoms with Crippen LogP contribution in [0.25, 0.3) is 0 Å². The minimum absolute atomic E-state index is 0.344. The van der Waals surface area contributed by atoms with Crippen molar-refractivity contribution in [3.05, 3.63) is 24.8 Å². The van der Waals surface area contributed by atoms with Crippen LogP contribution in [0.15, 0.2) is 24.8 Å². The third-order valence-electron chi connectivity index (χ3n) is 3.30. The van der Waals surface area contributed by atoms with E-state index in [1.807, 2.05) is 0 Å². The highest BCUT2D eigenvalue weighted by Gasteiger charge is 2.36. The molecule has 0 spiro atoms. The van der Waals surface area contributed by atoms with Gasteiger partial charge in [0.05, 0.1) is 18.3 Å². The predicted octanol–water partition coefficient (Wildman–Crippen LogP) is 3.61. The summed E-state index contributed by atoms with van der Waals surface area (Å²) >= 11 is 0. The summed E-state index contributed by atoms with van der Waals surface area (Å²) in [6.45, 7) is 5.72. The van der Waals surface area contributed by atoms with Crippen LogP contribution in [0.1, 0.15) is 51.9 Å². The standard InChI is InChI=1S/C17H26O2/c1-3-5-6-7-10-13-16-17(19-16)14-11-8-9-12-15(18)4-2/h4,9,12,15-18H,2-3,5-7,10,13-14H2,1H3/b12-9+. The number of ether oxygens (including phenoxy) is 1. The molecule has 0 bridgehead atoms. The summed E-state index contributed by atoms with van der Waals surface area (Å²) in [5.41, 5.74) is 0. The Kier molecular flexibility index (Phi) is 8.29. The Morgan fingerprint density at radius 1 is 1.26 bits per heavy atom. The molecule has 0 aromatic rings. The lowest BCUT2D eigenvalue weighted by Crippen LogP contribution is -1.94. The molecule has 1 saturated heterocycles. The first-order valence-electron chi connectivity index (χ1n) is 7.39. The third kappa shape index (κ3) is 7.87. The molecule has 19 heavy (non-hydrogen) atoms. The smallest absolute Gasteiger partial charge is 0.0950 e. The fourth-order valence-corrected chi connectivity index (χ4v) is 2.01. The van der Waals surface area contributed by atoms with Gasteiger partial charge in [-0.05, 0) is 18.6 Å². The van der Waals surface area contributed by atoms with Gasteiger partial charge in [0.25, 0.3) is 0 Å².